The molecule has 2 aromatic rings. The van der Waals surface area contributed by atoms with Crippen LogP contribution in [-0.2, 0) is 14.3 Å². The summed E-state index contributed by atoms with van der Waals surface area (Å²) in [7, 11) is -1.71. The van der Waals surface area contributed by atoms with Crippen molar-refractivity contribution >= 4 is 36.2 Å². The normalized spacial score (nSPS) is 25.5. The SMILES string of the molecule is C/C(=C\c1ccccc1O)CC[C@H]1OC[C@H]2C1=C(CO)C[C@H]1C(=O)N(c3cccc(B(O)O)c3)C(=O)[C@H]12. The molecule has 0 unspecified atom stereocenters. The van der Waals surface area contributed by atoms with Crippen LogP contribution in [0.15, 0.2) is 65.3 Å². The highest BCUT2D eigenvalue weighted by Gasteiger charge is 2.57. The number of phenols is 1. The first kappa shape index (κ1) is 25.4. The van der Waals surface area contributed by atoms with Crippen molar-refractivity contribution < 1.29 is 34.6 Å². The molecule has 4 N–H and O–H groups in total. The van der Waals surface area contributed by atoms with Crippen molar-refractivity contribution in [2.24, 2.45) is 17.8 Å². The number of anilines is 1. The average molecular weight is 503 g/mol. The number of fused-ring (bicyclic) bond motifs is 3. The van der Waals surface area contributed by atoms with E-state index in [-0.39, 0.29) is 41.7 Å². The Morgan fingerprint density at radius 1 is 1.11 bits per heavy atom. The van der Waals surface area contributed by atoms with E-state index in [9.17, 15) is 29.9 Å². The first-order chi connectivity index (χ1) is 17.8. The highest BCUT2D eigenvalue weighted by Crippen LogP contribution is 2.50. The molecule has 2 saturated heterocycles. The molecule has 0 radical (unpaired) electrons. The fourth-order valence-corrected chi connectivity index (χ4v) is 6.00. The van der Waals surface area contributed by atoms with Gasteiger partial charge in [0.25, 0.3) is 0 Å². The summed E-state index contributed by atoms with van der Waals surface area (Å²) < 4.78 is 6.15. The van der Waals surface area contributed by atoms with Crippen LogP contribution in [0.5, 0.6) is 5.75 Å². The molecule has 3 aliphatic rings. The smallest absolute Gasteiger partial charge is 0.488 e. The molecule has 0 aromatic heterocycles. The number of benzene rings is 2. The first-order valence-electron chi connectivity index (χ1n) is 12.5. The van der Waals surface area contributed by atoms with Gasteiger partial charge < -0.3 is 25.0 Å². The van der Waals surface area contributed by atoms with Crippen LogP contribution in [0.1, 0.15) is 31.7 Å². The van der Waals surface area contributed by atoms with Gasteiger partial charge in [0.1, 0.15) is 5.75 Å². The maximum absolute atomic E-state index is 13.6. The van der Waals surface area contributed by atoms with E-state index < -0.39 is 19.0 Å². The molecule has 8 nitrogen and oxygen atoms in total. The summed E-state index contributed by atoms with van der Waals surface area (Å²) in [6.45, 7) is 2.09. The van der Waals surface area contributed by atoms with Gasteiger partial charge in [-0.1, -0.05) is 42.0 Å². The van der Waals surface area contributed by atoms with Gasteiger partial charge in [0.05, 0.1) is 36.8 Å². The number of carbonyl (C=O) groups is 2. The molecule has 1 aliphatic carbocycles. The Morgan fingerprint density at radius 3 is 2.62 bits per heavy atom. The van der Waals surface area contributed by atoms with Gasteiger partial charge >= 0.3 is 7.12 Å². The summed E-state index contributed by atoms with van der Waals surface area (Å²) in [5.41, 5.74) is 4.01. The number of carbonyl (C=O) groups excluding carboxylic acids is 2. The number of nitrogens with zero attached hydrogens (tertiary/aromatic N) is 1. The molecular formula is C28H30BNO7. The third-order valence-electron chi connectivity index (χ3n) is 7.76. The van der Waals surface area contributed by atoms with E-state index in [4.69, 9.17) is 4.74 Å². The lowest BCUT2D eigenvalue weighted by Crippen LogP contribution is -2.35. The van der Waals surface area contributed by atoms with Crippen molar-refractivity contribution in [3.8, 4) is 5.75 Å². The number of aliphatic hydroxyl groups excluding tert-OH is 1. The minimum absolute atomic E-state index is 0.194. The molecule has 0 bridgehead atoms. The number of hydrogen-bond donors (Lipinski definition) is 4. The van der Waals surface area contributed by atoms with E-state index in [1.165, 1.54) is 12.1 Å². The van der Waals surface area contributed by atoms with Crippen LogP contribution >= 0.6 is 0 Å². The number of imide groups is 1. The van der Waals surface area contributed by atoms with E-state index in [1.54, 1.807) is 24.3 Å². The summed E-state index contributed by atoms with van der Waals surface area (Å²) in [6, 6.07) is 13.3. The molecule has 192 valence electrons. The van der Waals surface area contributed by atoms with Crippen LogP contribution in [0.3, 0.4) is 0 Å². The molecule has 0 saturated carbocycles. The molecular weight excluding hydrogens is 473 g/mol. The highest BCUT2D eigenvalue weighted by atomic mass is 16.5. The predicted molar refractivity (Wildman–Crippen MR) is 139 cm³/mol. The van der Waals surface area contributed by atoms with Crippen LogP contribution in [-0.4, -0.2) is 58.5 Å². The van der Waals surface area contributed by atoms with Crippen molar-refractivity contribution in [1.29, 1.82) is 0 Å². The summed E-state index contributed by atoms with van der Waals surface area (Å²) in [5, 5.41) is 39.3. The van der Waals surface area contributed by atoms with Crippen molar-refractivity contribution in [3.63, 3.8) is 0 Å². The standard InChI is InChI=1S/C28H30BNO7/c1-16(11-17-5-2-3-8-23(17)32)9-10-24-25-18(14-31)12-21-26(22(25)15-37-24)28(34)30(27(21)33)20-7-4-6-19(13-20)29(35)36/h2-8,11,13,21-22,24,26,31-32,35-36H,9-10,12,14-15H2,1H3/b16-11+/t21-,22+,24-,26-/m1/s1. The molecule has 2 amide bonds. The van der Waals surface area contributed by atoms with Crippen molar-refractivity contribution in [1.82, 2.24) is 0 Å². The fourth-order valence-electron chi connectivity index (χ4n) is 6.00. The second-order valence-electron chi connectivity index (χ2n) is 10.1. The summed E-state index contributed by atoms with van der Waals surface area (Å²) in [5.74, 6) is -1.90. The number of ether oxygens (including phenoxy) is 1. The molecule has 2 heterocycles. The minimum atomic E-state index is -1.71. The topological polar surface area (TPSA) is 128 Å². The third kappa shape index (κ3) is 4.64. The zero-order valence-electron chi connectivity index (χ0n) is 20.6. The maximum atomic E-state index is 13.6. The third-order valence-corrected chi connectivity index (χ3v) is 7.76. The molecule has 0 spiro atoms. The van der Waals surface area contributed by atoms with Gasteiger partial charge in [0.2, 0.25) is 11.8 Å². The predicted octanol–water partition coefficient (Wildman–Crippen LogP) is 1.77. The Balaban J connectivity index is 1.37. The lowest BCUT2D eigenvalue weighted by molar-refractivity contribution is -0.122. The lowest BCUT2D eigenvalue weighted by Gasteiger charge is -2.31. The van der Waals surface area contributed by atoms with Crippen molar-refractivity contribution in [2.45, 2.75) is 32.3 Å². The average Bonchev–Trinajstić information content (AvgIpc) is 3.42. The van der Waals surface area contributed by atoms with E-state index in [1.807, 2.05) is 25.1 Å². The molecule has 5 rings (SSSR count). The van der Waals surface area contributed by atoms with Crippen LogP contribution in [0, 0.1) is 17.8 Å². The Bertz CT molecular complexity index is 1290. The van der Waals surface area contributed by atoms with Crippen LogP contribution in [0.2, 0.25) is 0 Å². The van der Waals surface area contributed by atoms with Crippen molar-refractivity contribution in [2.75, 3.05) is 18.1 Å². The first-order valence-corrected chi connectivity index (χ1v) is 12.5. The molecule has 2 aliphatic heterocycles. The zero-order valence-corrected chi connectivity index (χ0v) is 20.6. The largest absolute Gasteiger partial charge is 0.507 e. The summed E-state index contributed by atoms with van der Waals surface area (Å²) in [4.78, 5) is 28.1. The maximum Gasteiger partial charge on any atom is 0.488 e. The fraction of sp³-hybridized carbons (Fsp3) is 0.357. The number of allylic oxidation sites excluding steroid dienone is 1. The number of rotatable bonds is 7. The van der Waals surface area contributed by atoms with Gasteiger partial charge in [-0.3, -0.25) is 14.5 Å². The second kappa shape index (κ2) is 10.3. The van der Waals surface area contributed by atoms with E-state index in [0.717, 1.165) is 27.2 Å². The van der Waals surface area contributed by atoms with E-state index >= 15 is 0 Å². The van der Waals surface area contributed by atoms with Crippen LogP contribution in [0.4, 0.5) is 5.69 Å². The number of para-hydroxylation sites is 1. The molecule has 4 atom stereocenters. The molecule has 9 heteroatoms. The Kier molecular flexibility index (Phi) is 7.05. The highest BCUT2D eigenvalue weighted by molar-refractivity contribution is 6.58. The number of amides is 2. The van der Waals surface area contributed by atoms with Crippen LogP contribution < -0.4 is 10.4 Å². The molecule has 2 fully saturated rings. The van der Waals surface area contributed by atoms with Gasteiger partial charge in [-0.05, 0) is 61.0 Å². The van der Waals surface area contributed by atoms with Gasteiger partial charge in [0, 0.05) is 11.5 Å². The Labute approximate surface area is 215 Å². The Hall–Kier alpha value is -3.24. The second-order valence-corrected chi connectivity index (χ2v) is 10.1. The molecule has 37 heavy (non-hydrogen) atoms. The number of aromatic hydroxyl groups is 1. The number of phenolic OH excluding ortho intramolecular Hbond substituents is 1. The quantitative estimate of drug-likeness (QED) is 0.258. The van der Waals surface area contributed by atoms with E-state index in [0.29, 0.717) is 31.6 Å². The number of hydrogen-bond acceptors (Lipinski definition) is 7. The monoisotopic (exact) mass is 503 g/mol. The molecule has 2 aromatic carbocycles. The Morgan fingerprint density at radius 2 is 1.89 bits per heavy atom. The van der Waals surface area contributed by atoms with Gasteiger partial charge in [-0.2, -0.15) is 0 Å². The van der Waals surface area contributed by atoms with Crippen molar-refractivity contribution in [3.05, 3.63) is 70.8 Å². The minimum Gasteiger partial charge on any atom is -0.507 e. The van der Waals surface area contributed by atoms with Gasteiger partial charge in [0.15, 0.2) is 0 Å². The number of aliphatic hydroxyl groups is 1. The van der Waals surface area contributed by atoms with Gasteiger partial charge in [-0.15, -0.1) is 0 Å². The lowest BCUT2D eigenvalue weighted by atomic mass is 9.69. The van der Waals surface area contributed by atoms with Crippen LogP contribution in [0.25, 0.3) is 6.08 Å². The summed E-state index contributed by atoms with van der Waals surface area (Å²) in [6.07, 6.45) is 3.34. The summed E-state index contributed by atoms with van der Waals surface area (Å²) >= 11 is 0. The van der Waals surface area contributed by atoms with Gasteiger partial charge in [-0.25, -0.2) is 0 Å². The zero-order chi connectivity index (χ0) is 26.3. The van der Waals surface area contributed by atoms with E-state index in [2.05, 4.69) is 0 Å².